The van der Waals surface area contributed by atoms with Crippen LogP contribution < -0.4 is 5.32 Å². The lowest BCUT2D eigenvalue weighted by Gasteiger charge is -2.15. The maximum atomic E-state index is 12.4. The van der Waals surface area contributed by atoms with Gasteiger partial charge in [-0.15, -0.1) is 11.8 Å². The first-order valence-corrected chi connectivity index (χ1v) is 11.1. The molecule has 1 saturated heterocycles. The van der Waals surface area contributed by atoms with E-state index in [-0.39, 0.29) is 16.8 Å². The highest BCUT2D eigenvalue weighted by Crippen LogP contribution is 2.40. The molecule has 14 heteroatoms. The number of halogens is 4. The topological polar surface area (TPSA) is 126 Å². The van der Waals surface area contributed by atoms with Crippen LogP contribution >= 0.6 is 23.4 Å². The number of nitrogens with one attached hydrogen (secondary N) is 1. The number of aromatic nitrogens is 3. The molecule has 0 amide bonds. The lowest BCUT2D eigenvalue weighted by atomic mass is 10.1. The van der Waals surface area contributed by atoms with Gasteiger partial charge in [0.05, 0.1) is 39.9 Å². The van der Waals surface area contributed by atoms with E-state index in [1.807, 2.05) is 0 Å². The van der Waals surface area contributed by atoms with Crippen LogP contribution in [0.1, 0.15) is 26.9 Å². The summed E-state index contributed by atoms with van der Waals surface area (Å²) in [4.78, 5) is 31.5. The standard InChI is InChI=1S/C20H16ClF3N4O5S/c21-11-2-1-9(5-10(11)18(31)33-19(32)20(22,23)24)6-26-16-17-27-7-12(28(17)4-3-25-16)15-14(30)13(29)8-34-15/h1-5,7,13-15,29-30H,6,8H2,(H,25,26)/t13-,14-,15+/m1/s1. The molecule has 3 aromatic rings. The molecule has 3 N–H and O–H groups in total. The number of benzene rings is 1. The number of alkyl halides is 3. The molecule has 1 aromatic carbocycles. The van der Waals surface area contributed by atoms with E-state index in [0.29, 0.717) is 28.5 Å². The first-order valence-electron chi connectivity index (χ1n) is 9.71. The second-order valence-electron chi connectivity index (χ2n) is 7.31. The second-order valence-corrected chi connectivity index (χ2v) is 8.89. The summed E-state index contributed by atoms with van der Waals surface area (Å²) in [7, 11) is 0. The molecule has 0 radical (unpaired) electrons. The number of imidazole rings is 1. The number of hydrogen-bond acceptors (Lipinski definition) is 9. The summed E-state index contributed by atoms with van der Waals surface area (Å²) in [6.07, 6.45) is -2.34. The molecule has 180 valence electrons. The molecule has 0 aliphatic carbocycles. The van der Waals surface area contributed by atoms with Gasteiger partial charge in [0, 0.05) is 24.7 Å². The number of anilines is 1. The lowest BCUT2D eigenvalue weighted by molar-refractivity contribution is -0.193. The van der Waals surface area contributed by atoms with Crippen LogP contribution in [0.25, 0.3) is 5.65 Å². The van der Waals surface area contributed by atoms with Crippen molar-refractivity contribution in [3.63, 3.8) is 0 Å². The zero-order chi connectivity index (χ0) is 24.6. The Balaban J connectivity index is 1.52. The third kappa shape index (κ3) is 4.82. The highest BCUT2D eigenvalue weighted by Gasteiger charge is 2.43. The number of fused-ring (bicyclic) bond motifs is 1. The van der Waals surface area contributed by atoms with Gasteiger partial charge in [-0.3, -0.25) is 4.40 Å². The fourth-order valence-electron chi connectivity index (χ4n) is 3.36. The average molecular weight is 517 g/mol. The van der Waals surface area contributed by atoms with E-state index in [4.69, 9.17) is 11.6 Å². The number of carbonyl (C=O) groups excluding carboxylic acids is 2. The molecule has 3 heterocycles. The van der Waals surface area contributed by atoms with Gasteiger partial charge in [0.2, 0.25) is 0 Å². The van der Waals surface area contributed by atoms with Gasteiger partial charge in [-0.05, 0) is 17.7 Å². The molecule has 2 aromatic heterocycles. The average Bonchev–Trinajstić information content (AvgIpc) is 3.35. The molecule has 1 aliphatic heterocycles. The Hall–Kier alpha value is -2.87. The molecule has 0 unspecified atom stereocenters. The second kappa shape index (κ2) is 9.41. The summed E-state index contributed by atoms with van der Waals surface area (Å²) in [5.74, 6) is -3.41. The van der Waals surface area contributed by atoms with Crippen LogP contribution in [0.4, 0.5) is 19.0 Å². The molecule has 9 nitrogen and oxygen atoms in total. The van der Waals surface area contributed by atoms with Crippen molar-refractivity contribution in [2.75, 3.05) is 11.1 Å². The number of ether oxygens (including phenoxy) is 1. The zero-order valence-corrected chi connectivity index (χ0v) is 18.6. The summed E-state index contributed by atoms with van der Waals surface area (Å²) in [6.45, 7) is 0.0824. The molecule has 1 fully saturated rings. The van der Waals surface area contributed by atoms with Crippen molar-refractivity contribution in [1.82, 2.24) is 14.4 Å². The lowest BCUT2D eigenvalue weighted by Crippen LogP contribution is -2.28. The molecule has 34 heavy (non-hydrogen) atoms. The van der Waals surface area contributed by atoms with Gasteiger partial charge in [0.15, 0.2) is 11.5 Å². The maximum Gasteiger partial charge on any atom is 0.491 e. The van der Waals surface area contributed by atoms with Crippen molar-refractivity contribution in [1.29, 1.82) is 0 Å². The van der Waals surface area contributed by atoms with Crippen LogP contribution in [0.3, 0.4) is 0 Å². The van der Waals surface area contributed by atoms with Gasteiger partial charge in [-0.2, -0.15) is 13.2 Å². The number of aliphatic hydroxyl groups excluding tert-OH is 2. The zero-order valence-electron chi connectivity index (χ0n) is 17.0. The third-order valence-corrected chi connectivity index (χ3v) is 6.77. The number of thioether (sulfide) groups is 1. The highest BCUT2D eigenvalue weighted by molar-refractivity contribution is 7.99. The smallest absolute Gasteiger partial charge is 0.390 e. The Morgan fingerprint density at radius 3 is 2.74 bits per heavy atom. The molecule has 3 atom stereocenters. The molecular weight excluding hydrogens is 501 g/mol. The van der Waals surface area contributed by atoms with Crippen LogP contribution in [0, 0.1) is 0 Å². The third-order valence-electron chi connectivity index (χ3n) is 5.03. The first kappa shape index (κ1) is 24.3. The summed E-state index contributed by atoms with van der Waals surface area (Å²) in [5.41, 5.74) is 1.16. The highest BCUT2D eigenvalue weighted by atomic mass is 35.5. The quantitative estimate of drug-likeness (QED) is 0.346. The monoisotopic (exact) mass is 516 g/mol. The van der Waals surface area contributed by atoms with Crippen molar-refractivity contribution < 1.29 is 37.7 Å². The van der Waals surface area contributed by atoms with Crippen LogP contribution in [-0.2, 0) is 16.1 Å². The van der Waals surface area contributed by atoms with Crippen molar-refractivity contribution in [3.8, 4) is 0 Å². The van der Waals surface area contributed by atoms with Crippen LogP contribution in [0.2, 0.25) is 5.02 Å². The Bertz CT molecular complexity index is 1250. The largest absolute Gasteiger partial charge is 0.491 e. The van der Waals surface area contributed by atoms with E-state index >= 15 is 0 Å². The SMILES string of the molecule is O=C(OC(=O)C(F)(F)F)c1cc(CNc2nccn3c([C@@H]4SC[C@@H](O)[C@H]4O)cnc23)ccc1Cl. The number of nitrogens with zero attached hydrogens (tertiary/aromatic N) is 3. The minimum absolute atomic E-state index is 0.0824. The molecule has 0 saturated carbocycles. The number of carbonyl (C=O) groups is 2. The Morgan fingerprint density at radius 1 is 1.29 bits per heavy atom. The molecular formula is C20H16ClF3N4O5S. The molecule has 4 rings (SSSR count). The summed E-state index contributed by atoms with van der Waals surface area (Å²) >= 11 is 7.30. The summed E-state index contributed by atoms with van der Waals surface area (Å²) < 4.78 is 42.7. The number of esters is 2. The van der Waals surface area contributed by atoms with E-state index in [1.165, 1.54) is 36.2 Å². The van der Waals surface area contributed by atoms with Crippen molar-refractivity contribution in [2.45, 2.75) is 30.2 Å². The Morgan fingerprint density at radius 2 is 2.06 bits per heavy atom. The normalized spacial score (nSPS) is 20.5. The minimum Gasteiger partial charge on any atom is -0.390 e. The van der Waals surface area contributed by atoms with Gasteiger partial charge in [0.25, 0.3) is 0 Å². The van der Waals surface area contributed by atoms with Crippen LogP contribution in [0.15, 0.2) is 36.8 Å². The van der Waals surface area contributed by atoms with Crippen LogP contribution in [0.5, 0.6) is 0 Å². The van der Waals surface area contributed by atoms with Crippen molar-refractivity contribution in [3.05, 3.63) is 58.6 Å². The summed E-state index contributed by atoms with van der Waals surface area (Å²) in [6, 6.07) is 4.02. The van der Waals surface area contributed by atoms with E-state index in [0.717, 1.165) is 0 Å². The van der Waals surface area contributed by atoms with Crippen molar-refractivity contribution >= 4 is 46.8 Å². The first-order chi connectivity index (χ1) is 16.1. The number of rotatable bonds is 5. The minimum atomic E-state index is -5.32. The van der Waals surface area contributed by atoms with Gasteiger partial charge in [0.1, 0.15) is 0 Å². The molecule has 1 aliphatic rings. The van der Waals surface area contributed by atoms with E-state index in [1.54, 1.807) is 16.8 Å². The predicted octanol–water partition coefficient (Wildman–Crippen LogP) is 2.75. The van der Waals surface area contributed by atoms with Gasteiger partial charge in [-0.25, -0.2) is 19.6 Å². The van der Waals surface area contributed by atoms with E-state index < -0.39 is 35.9 Å². The number of hydrogen-bond donors (Lipinski definition) is 3. The predicted molar refractivity (Wildman–Crippen MR) is 115 cm³/mol. The number of aliphatic hydroxyl groups is 2. The Labute approximate surface area is 198 Å². The van der Waals surface area contributed by atoms with E-state index in [2.05, 4.69) is 20.0 Å². The summed E-state index contributed by atoms with van der Waals surface area (Å²) in [5, 5.41) is 22.5. The van der Waals surface area contributed by atoms with Gasteiger partial charge in [-0.1, -0.05) is 17.7 Å². The Kier molecular flexibility index (Phi) is 6.71. The van der Waals surface area contributed by atoms with Crippen LogP contribution in [-0.4, -0.2) is 60.7 Å². The maximum absolute atomic E-state index is 12.4. The van der Waals surface area contributed by atoms with E-state index in [9.17, 15) is 33.0 Å². The molecule has 0 spiro atoms. The van der Waals surface area contributed by atoms with Gasteiger partial charge < -0.3 is 20.3 Å². The van der Waals surface area contributed by atoms with Gasteiger partial charge >= 0.3 is 18.1 Å². The fourth-order valence-corrected chi connectivity index (χ4v) is 4.88. The fraction of sp³-hybridized carbons (Fsp3) is 0.300. The van der Waals surface area contributed by atoms with Crippen molar-refractivity contribution in [2.24, 2.45) is 0 Å². The molecule has 0 bridgehead atoms.